The number of carbonyl (C=O) groups excluding carboxylic acids is 1. The Labute approximate surface area is 114 Å². The van der Waals surface area contributed by atoms with Crippen LogP contribution in [0, 0.1) is 5.92 Å². The summed E-state index contributed by atoms with van der Waals surface area (Å²) in [6.45, 7) is 1.78. The van der Waals surface area contributed by atoms with Crippen molar-refractivity contribution in [2.75, 3.05) is 26.8 Å². The zero-order valence-electron chi connectivity index (χ0n) is 11.3. The van der Waals surface area contributed by atoms with Gasteiger partial charge in [-0.3, -0.25) is 4.79 Å². The van der Waals surface area contributed by atoms with Crippen molar-refractivity contribution in [2.45, 2.75) is 19.3 Å². The highest BCUT2D eigenvalue weighted by molar-refractivity contribution is 5.79. The number of aliphatic hydroxyl groups is 1. The topological polar surface area (TPSA) is 49.8 Å². The molecule has 0 saturated carbocycles. The number of rotatable bonds is 5. The summed E-state index contributed by atoms with van der Waals surface area (Å²) in [7, 11) is 1.62. The van der Waals surface area contributed by atoms with Crippen LogP contribution in [-0.4, -0.2) is 42.7 Å². The molecule has 4 nitrogen and oxygen atoms in total. The Morgan fingerprint density at radius 2 is 2.26 bits per heavy atom. The molecule has 1 unspecified atom stereocenters. The molecule has 1 atom stereocenters. The van der Waals surface area contributed by atoms with Gasteiger partial charge in [0.05, 0.1) is 13.5 Å². The Kier molecular flexibility index (Phi) is 4.80. The van der Waals surface area contributed by atoms with E-state index in [-0.39, 0.29) is 12.5 Å². The second kappa shape index (κ2) is 6.57. The molecule has 1 fully saturated rings. The predicted molar refractivity (Wildman–Crippen MR) is 73.1 cm³/mol. The zero-order chi connectivity index (χ0) is 13.7. The lowest BCUT2D eigenvalue weighted by atomic mass is 10.1. The first-order valence-electron chi connectivity index (χ1n) is 6.75. The minimum absolute atomic E-state index is 0.143. The summed E-state index contributed by atoms with van der Waals surface area (Å²) in [6, 6.07) is 7.63. The van der Waals surface area contributed by atoms with E-state index in [4.69, 9.17) is 9.84 Å². The van der Waals surface area contributed by atoms with Gasteiger partial charge in [0, 0.05) is 25.3 Å². The molecule has 104 valence electrons. The summed E-state index contributed by atoms with van der Waals surface area (Å²) in [4.78, 5) is 14.1. The Morgan fingerprint density at radius 3 is 3.00 bits per heavy atom. The van der Waals surface area contributed by atoms with Gasteiger partial charge < -0.3 is 14.7 Å². The number of para-hydroxylation sites is 1. The van der Waals surface area contributed by atoms with Gasteiger partial charge in [-0.1, -0.05) is 18.2 Å². The second-order valence-electron chi connectivity index (χ2n) is 5.00. The van der Waals surface area contributed by atoms with Gasteiger partial charge in [-0.15, -0.1) is 0 Å². The average Bonchev–Trinajstić information content (AvgIpc) is 2.88. The fraction of sp³-hybridized carbons (Fsp3) is 0.533. The van der Waals surface area contributed by atoms with Gasteiger partial charge in [0.25, 0.3) is 0 Å². The van der Waals surface area contributed by atoms with E-state index in [1.807, 2.05) is 29.2 Å². The zero-order valence-corrected chi connectivity index (χ0v) is 11.3. The van der Waals surface area contributed by atoms with Gasteiger partial charge in [0.15, 0.2) is 0 Å². The molecule has 1 aromatic carbocycles. The van der Waals surface area contributed by atoms with Crippen molar-refractivity contribution in [2.24, 2.45) is 5.92 Å². The molecule has 2 rings (SSSR count). The minimum atomic E-state index is 0.143. The summed E-state index contributed by atoms with van der Waals surface area (Å²) in [5.74, 6) is 1.36. The van der Waals surface area contributed by atoms with E-state index in [1.54, 1.807) is 7.11 Å². The summed E-state index contributed by atoms with van der Waals surface area (Å²) < 4.78 is 5.26. The summed E-state index contributed by atoms with van der Waals surface area (Å²) in [5.41, 5.74) is 0.931. The fourth-order valence-electron chi connectivity index (χ4n) is 2.60. The highest BCUT2D eigenvalue weighted by Gasteiger charge is 2.26. The molecule has 0 bridgehead atoms. The summed E-state index contributed by atoms with van der Waals surface area (Å²) in [6.07, 6.45) is 2.17. The van der Waals surface area contributed by atoms with Gasteiger partial charge in [-0.2, -0.15) is 0 Å². The van der Waals surface area contributed by atoms with Crippen LogP contribution in [0.15, 0.2) is 24.3 Å². The number of amides is 1. The van der Waals surface area contributed by atoms with Crippen LogP contribution in [0.5, 0.6) is 5.75 Å². The number of aliphatic hydroxyl groups excluding tert-OH is 1. The smallest absolute Gasteiger partial charge is 0.227 e. The van der Waals surface area contributed by atoms with Crippen molar-refractivity contribution < 1.29 is 14.6 Å². The van der Waals surface area contributed by atoms with Crippen LogP contribution in [0.3, 0.4) is 0 Å². The number of benzene rings is 1. The number of ether oxygens (including phenoxy) is 1. The fourth-order valence-corrected chi connectivity index (χ4v) is 2.60. The molecule has 1 saturated heterocycles. The van der Waals surface area contributed by atoms with Crippen molar-refractivity contribution in [1.29, 1.82) is 0 Å². The van der Waals surface area contributed by atoms with Crippen LogP contribution in [0.1, 0.15) is 18.4 Å². The Balaban J connectivity index is 1.94. The van der Waals surface area contributed by atoms with Crippen molar-refractivity contribution >= 4 is 5.91 Å². The third-order valence-corrected chi connectivity index (χ3v) is 3.71. The van der Waals surface area contributed by atoms with Crippen LogP contribution in [0.2, 0.25) is 0 Å². The highest BCUT2D eigenvalue weighted by atomic mass is 16.5. The lowest BCUT2D eigenvalue weighted by Crippen LogP contribution is -2.30. The maximum atomic E-state index is 12.2. The third-order valence-electron chi connectivity index (χ3n) is 3.71. The molecule has 1 N–H and O–H groups in total. The van der Waals surface area contributed by atoms with Crippen LogP contribution in [0.4, 0.5) is 0 Å². The summed E-state index contributed by atoms with van der Waals surface area (Å²) in [5, 5.41) is 8.94. The maximum absolute atomic E-state index is 12.2. The second-order valence-corrected chi connectivity index (χ2v) is 5.00. The van der Waals surface area contributed by atoms with E-state index >= 15 is 0 Å². The van der Waals surface area contributed by atoms with Crippen LogP contribution in [-0.2, 0) is 11.2 Å². The Hall–Kier alpha value is -1.55. The molecular weight excluding hydrogens is 242 g/mol. The molecule has 4 heteroatoms. The molecule has 1 amide bonds. The standard InChI is InChI=1S/C15H21NO3/c1-19-14-5-3-2-4-13(14)10-15(18)16-8-6-12(11-16)7-9-17/h2-5,12,17H,6-11H2,1H3. The predicted octanol–water partition coefficient (Wildman–Crippen LogP) is 1.47. The number of methoxy groups -OCH3 is 1. The van der Waals surface area contributed by atoms with Crippen LogP contribution < -0.4 is 4.74 Å². The molecular formula is C15H21NO3. The SMILES string of the molecule is COc1ccccc1CC(=O)N1CCC(CCO)C1. The largest absolute Gasteiger partial charge is 0.496 e. The van der Waals surface area contributed by atoms with Crippen LogP contribution >= 0.6 is 0 Å². The van der Waals surface area contributed by atoms with E-state index < -0.39 is 0 Å². The molecule has 0 aliphatic carbocycles. The first kappa shape index (κ1) is 13.9. The molecule has 1 aliphatic heterocycles. The van der Waals surface area contributed by atoms with Crippen molar-refractivity contribution in [1.82, 2.24) is 4.90 Å². The van der Waals surface area contributed by atoms with E-state index in [9.17, 15) is 4.79 Å². The number of nitrogens with zero attached hydrogens (tertiary/aromatic N) is 1. The van der Waals surface area contributed by atoms with Gasteiger partial charge in [-0.25, -0.2) is 0 Å². The molecule has 0 aromatic heterocycles. The maximum Gasteiger partial charge on any atom is 0.227 e. The Bertz CT molecular complexity index is 433. The number of carbonyl (C=O) groups is 1. The van der Waals surface area contributed by atoms with E-state index in [0.29, 0.717) is 12.3 Å². The Morgan fingerprint density at radius 1 is 1.47 bits per heavy atom. The molecule has 19 heavy (non-hydrogen) atoms. The van der Waals surface area contributed by atoms with Gasteiger partial charge in [-0.05, 0) is 24.8 Å². The third kappa shape index (κ3) is 3.47. The van der Waals surface area contributed by atoms with Crippen molar-refractivity contribution in [3.63, 3.8) is 0 Å². The number of likely N-dealkylation sites (tertiary alicyclic amines) is 1. The minimum Gasteiger partial charge on any atom is -0.496 e. The normalized spacial score (nSPS) is 18.6. The highest BCUT2D eigenvalue weighted by Crippen LogP contribution is 2.22. The number of hydrogen-bond acceptors (Lipinski definition) is 3. The van der Waals surface area contributed by atoms with E-state index in [2.05, 4.69) is 0 Å². The molecule has 1 aliphatic rings. The molecule has 1 aromatic rings. The van der Waals surface area contributed by atoms with Gasteiger partial charge in [0.2, 0.25) is 5.91 Å². The molecule has 0 radical (unpaired) electrons. The van der Waals surface area contributed by atoms with E-state index in [0.717, 1.165) is 37.2 Å². The average molecular weight is 263 g/mol. The van der Waals surface area contributed by atoms with Crippen LogP contribution in [0.25, 0.3) is 0 Å². The van der Waals surface area contributed by atoms with Gasteiger partial charge >= 0.3 is 0 Å². The molecule has 0 spiro atoms. The lowest BCUT2D eigenvalue weighted by Gasteiger charge is -2.17. The summed E-state index contributed by atoms with van der Waals surface area (Å²) >= 11 is 0. The first-order chi connectivity index (χ1) is 9.24. The van der Waals surface area contributed by atoms with Crippen molar-refractivity contribution in [3.05, 3.63) is 29.8 Å². The van der Waals surface area contributed by atoms with E-state index in [1.165, 1.54) is 0 Å². The van der Waals surface area contributed by atoms with Crippen molar-refractivity contribution in [3.8, 4) is 5.75 Å². The lowest BCUT2D eigenvalue weighted by molar-refractivity contribution is -0.129. The number of hydrogen-bond donors (Lipinski definition) is 1. The monoisotopic (exact) mass is 263 g/mol. The quantitative estimate of drug-likeness (QED) is 0.875. The van der Waals surface area contributed by atoms with Gasteiger partial charge in [0.1, 0.15) is 5.75 Å². The first-order valence-corrected chi connectivity index (χ1v) is 6.75. The molecule has 1 heterocycles.